The molecule has 0 fully saturated rings. The van der Waals surface area contributed by atoms with Crippen LogP contribution < -0.4 is 0 Å². The molecule has 0 aromatic carbocycles. The Morgan fingerprint density at radius 2 is 1.41 bits per heavy atom. The molecule has 9 heteroatoms. The fourth-order valence-electron chi connectivity index (χ4n) is 1.27. The number of carbonyl (C=O) groups is 1. The van der Waals surface area contributed by atoms with E-state index in [4.69, 9.17) is 13.0 Å². The Morgan fingerprint density at radius 3 is 1.64 bits per heavy atom. The maximum atomic E-state index is 11.4. The summed E-state index contributed by atoms with van der Waals surface area (Å²) in [5, 5.41) is 0. The monoisotopic (exact) mass is 366 g/mol. The lowest BCUT2D eigenvalue weighted by molar-refractivity contribution is -0.116. The quantitative estimate of drug-likeness (QED) is 0.357. The number of Topliss-reactive ketones (excluding diaryl/α,β-unsaturated/α-hetero) is 1. The van der Waals surface area contributed by atoms with E-state index >= 15 is 0 Å². The zero-order chi connectivity index (χ0) is 17.8. The van der Waals surface area contributed by atoms with Gasteiger partial charge in [0.2, 0.25) is 0 Å². The maximum Gasteiger partial charge on any atom is 0.485 e. The summed E-state index contributed by atoms with van der Waals surface area (Å²) in [5.41, 5.74) is -5.65. The zero-order valence-corrected chi connectivity index (χ0v) is 14.9. The molecule has 0 aliphatic carbocycles. The van der Waals surface area contributed by atoms with Crippen molar-refractivity contribution in [2.75, 3.05) is 17.3 Å². The molecule has 0 heterocycles. The van der Waals surface area contributed by atoms with Crippen molar-refractivity contribution in [3.8, 4) is 0 Å². The largest absolute Gasteiger partial charge is 0.741 e. The molecule has 134 valence electrons. The summed E-state index contributed by atoms with van der Waals surface area (Å²) in [6.45, 7) is 6.43. The van der Waals surface area contributed by atoms with E-state index in [1.165, 1.54) is 37.2 Å². The summed E-state index contributed by atoms with van der Waals surface area (Å²) in [6, 6.07) is 0. The van der Waals surface area contributed by atoms with Crippen molar-refractivity contribution in [3.05, 3.63) is 0 Å². The molecule has 0 saturated carbocycles. The van der Waals surface area contributed by atoms with Crippen LogP contribution in [0.15, 0.2) is 0 Å². The molecule has 0 aliphatic heterocycles. The summed E-state index contributed by atoms with van der Waals surface area (Å²) in [5.74, 6) is 3.88. The second-order valence-electron chi connectivity index (χ2n) is 4.66. The molecule has 0 unspecified atom stereocenters. The second-order valence-corrected chi connectivity index (χ2v) is 8.37. The highest BCUT2D eigenvalue weighted by molar-refractivity contribution is 7.97. The Labute approximate surface area is 134 Å². The maximum absolute atomic E-state index is 11.4. The fourth-order valence-corrected chi connectivity index (χ4v) is 3.82. The molecular weight excluding hydrogens is 341 g/mol. The molecule has 0 saturated heterocycles. The number of rotatable bonds is 9. The van der Waals surface area contributed by atoms with Gasteiger partial charge in [-0.15, -0.1) is 0 Å². The van der Waals surface area contributed by atoms with Crippen molar-refractivity contribution in [2.24, 2.45) is 0 Å². The Morgan fingerprint density at radius 1 is 1.05 bits per heavy atom. The third-order valence-electron chi connectivity index (χ3n) is 2.62. The Balaban J connectivity index is 0. The molecule has 0 radical (unpaired) electrons. The number of ketones is 1. The van der Waals surface area contributed by atoms with Gasteiger partial charge in [0.25, 0.3) is 0 Å². The van der Waals surface area contributed by atoms with Gasteiger partial charge in [-0.2, -0.15) is 13.2 Å². The topological polar surface area (TPSA) is 74.3 Å². The molecule has 0 rings (SSSR count). The predicted octanol–water partition coefficient (Wildman–Crippen LogP) is 3.24. The van der Waals surface area contributed by atoms with Crippen LogP contribution in [0.25, 0.3) is 0 Å². The van der Waals surface area contributed by atoms with Crippen molar-refractivity contribution in [1.29, 1.82) is 0 Å². The minimum atomic E-state index is -6.09. The lowest BCUT2D eigenvalue weighted by atomic mass is 10.4. The van der Waals surface area contributed by atoms with Crippen molar-refractivity contribution >= 4 is 26.8 Å². The van der Waals surface area contributed by atoms with Gasteiger partial charge < -0.3 is 4.55 Å². The molecular formula is C13H25F3O4S2. The van der Waals surface area contributed by atoms with Gasteiger partial charge in [-0.1, -0.05) is 33.6 Å². The molecule has 22 heavy (non-hydrogen) atoms. The summed E-state index contributed by atoms with van der Waals surface area (Å²) in [7, 11) is -5.69. The Bertz CT molecular complexity index is 387. The normalized spacial score (nSPS) is 12.0. The molecule has 0 aliphatic rings. The minimum absolute atomic E-state index is 0.396. The number of hydrogen-bond acceptors (Lipinski definition) is 4. The molecule has 4 nitrogen and oxygen atoms in total. The van der Waals surface area contributed by atoms with Crippen LogP contribution in [0.5, 0.6) is 0 Å². The minimum Gasteiger partial charge on any atom is -0.741 e. The first kappa shape index (κ1) is 24.0. The first-order chi connectivity index (χ1) is 9.99. The van der Waals surface area contributed by atoms with Crippen LogP contribution in [-0.2, 0) is 25.8 Å². The summed E-state index contributed by atoms with van der Waals surface area (Å²) in [4.78, 5) is 11.4. The van der Waals surface area contributed by atoms with Crippen LogP contribution in [0.4, 0.5) is 13.2 Å². The first-order valence-electron chi connectivity index (χ1n) is 7.17. The van der Waals surface area contributed by atoms with E-state index in [9.17, 15) is 18.0 Å². The van der Waals surface area contributed by atoms with E-state index in [-0.39, 0.29) is 0 Å². The van der Waals surface area contributed by atoms with Gasteiger partial charge in [-0.3, -0.25) is 4.79 Å². The van der Waals surface area contributed by atoms with Crippen molar-refractivity contribution in [3.63, 3.8) is 0 Å². The van der Waals surface area contributed by atoms with Crippen LogP contribution >= 0.6 is 0 Å². The smallest absolute Gasteiger partial charge is 0.485 e. The van der Waals surface area contributed by atoms with Crippen LogP contribution in [0.1, 0.15) is 52.9 Å². The van der Waals surface area contributed by atoms with Gasteiger partial charge in [0, 0.05) is 6.42 Å². The van der Waals surface area contributed by atoms with E-state index in [1.807, 2.05) is 6.92 Å². The predicted molar refractivity (Wildman–Crippen MR) is 82.8 cm³/mol. The molecule has 0 amide bonds. The summed E-state index contributed by atoms with van der Waals surface area (Å²) < 4.78 is 58.9. The van der Waals surface area contributed by atoms with Gasteiger partial charge in [0.15, 0.2) is 21.7 Å². The van der Waals surface area contributed by atoms with E-state index < -0.39 is 15.6 Å². The number of carbonyl (C=O) groups excluding carboxylic acids is 1. The van der Waals surface area contributed by atoms with Crippen molar-refractivity contribution in [2.45, 2.75) is 58.4 Å². The van der Waals surface area contributed by atoms with Crippen LogP contribution in [0.2, 0.25) is 0 Å². The number of unbranched alkanes of at least 4 members (excludes halogenated alkanes) is 2. The van der Waals surface area contributed by atoms with Crippen molar-refractivity contribution in [1.82, 2.24) is 0 Å². The lowest BCUT2D eigenvalue weighted by Crippen LogP contribution is -2.22. The van der Waals surface area contributed by atoms with Crippen LogP contribution in [-0.4, -0.2) is 41.5 Å². The summed E-state index contributed by atoms with van der Waals surface area (Å²) in [6.07, 6.45) is 5.83. The third kappa shape index (κ3) is 13.4. The molecule has 0 spiro atoms. The molecule has 0 aromatic rings. The van der Waals surface area contributed by atoms with Gasteiger partial charge in [0.1, 0.15) is 11.5 Å². The van der Waals surface area contributed by atoms with Crippen molar-refractivity contribution < 1.29 is 30.9 Å². The highest BCUT2D eigenvalue weighted by Crippen LogP contribution is 2.20. The van der Waals surface area contributed by atoms with Gasteiger partial charge in [0.05, 0.1) is 0 Å². The first-order valence-corrected chi connectivity index (χ1v) is 10.3. The average molecular weight is 366 g/mol. The summed E-state index contributed by atoms with van der Waals surface area (Å²) >= 11 is 0. The molecule has 0 bridgehead atoms. The lowest BCUT2D eigenvalue weighted by Gasteiger charge is -2.08. The van der Waals surface area contributed by atoms with Gasteiger partial charge in [-0.25, -0.2) is 8.42 Å². The Hall–Kier alpha value is -0.280. The van der Waals surface area contributed by atoms with Gasteiger partial charge in [-0.05, 0) is 23.7 Å². The second kappa shape index (κ2) is 12.2. The molecule has 0 aromatic heterocycles. The SMILES string of the molecule is CCCC[S+](CCCC)CC(=O)CC.O=S(=O)([O-])C(F)(F)F. The van der Waals surface area contributed by atoms with E-state index in [1.54, 1.807) is 0 Å². The van der Waals surface area contributed by atoms with Crippen LogP contribution in [0.3, 0.4) is 0 Å². The third-order valence-corrected chi connectivity index (χ3v) is 5.65. The standard InChI is InChI=1S/C12H25OS.CHF3O3S/c1-4-7-9-14(10-8-5-2)11-12(13)6-3;2-1(3,4)8(5,6)7/h4-11H2,1-3H3;(H,5,6,7)/q+1;/p-1. The molecule has 0 atom stereocenters. The van der Waals surface area contributed by atoms with Crippen LogP contribution in [0, 0.1) is 0 Å². The zero-order valence-electron chi connectivity index (χ0n) is 13.2. The van der Waals surface area contributed by atoms with E-state index in [2.05, 4.69) is 13.8 Å². The van der Waals surface area contributed by atoms with E-state index in [0.29, 0.717) is 16.7 Å². The molecule has 0 N–H and O–H groups in total. The Kier molecular flexibility index (Phi) is 13.3. The van der Waals surface area contributed by atoms with Gasteiger partial charge >= 0.3 is 5.51 Å². The van der Waals surface area contributed by atoms with E-state index in [0.717, 1.165) is 12.2 Å². The highest BCUT2D eigenvalue weighted by Gasteiger charge is 2.36. The number of alkyl halides is 3. The number of hydrogen-bond donors (Lipinski definition) is 0. The average Bonchev–Trinajstić information content (AvgIpc) is 2.40. The number of halogens is 3. The highest BCUT2D eigenvalue weighted by atomic mass is 32.2. The fraction of sp³-hybridized carbons (Fsp3) is 0.923.